The zero-order valence-corrected chi connectivity index (χ0v) is 12.6. The van der Waals surface area contributed by atoms with Crippen molar-refractivity contribution in [1.29, 1.82) is 0 Å². The Morgan fingerprint density at radius 3 is 0.938 bits per heavy atom. The van der Waals surface area contributed by atoms with Gasteiger partial charge in [0.15, 0.2) is 0 Å². The van der Waals surface area contributed by atoms with Gasteiger partial charge < -0.3 is 18.9 Å². The summed E-state index contributed by atoms with van der Waals surface area (Å²) in [6, 6.07) is 0. The van der Waals surface area contributed by atoms with E-state index in [1.807, 2.05) is 0 Å². The van der Waals surface area contributed by atoms with Gasteiger partial charge in [-0.05, 0) is 0 Å². The molecule has 0 aromatic rings. The summed E-state index contributed by atoms with van der Waals surface area (Å²) >= 11 is 6.56. The van der Waals surface area contributed by atoms with Gasteiger partial charge in [-0.2, -0.15) is 0 Å². The molecule has 0 aromatic heterocycles. The third kappa shape index (κ3) is 14.8. The van der Waals surface area contributed by atoms with E-state index in [1.54, 1.807) is 0 Å². The number of hydrogen-bond acceptors (Lipinski definition) is 4. The number of hydrogen-bond donors (Lipinski definition) is 0. The molecule has 98 valence electrons. The van der Waals surface area contributed by atoms with E-state index in [-0.39, 0.29) is 0 Å². The Balaban J connectivity index is 2.83. The number of rotatable bonds is 13. The van der Waals surface area contributed by atoms with Crippen molar-refractivity contribution in [3.05, 3.63) is 0 Å². The molecule has 0 aliphatic carbocycles. The normalized spacial score (nSPS) is 10.9. The topological polar surface area (TPSA) is 36.9 Å². The lowest BCUT2D eigenvalue weighted by Gasteiger charge is -2.06. The summed E-state index contributed by atoms with van der Waals surface area (Å²) < 4.78 is 21.0. The lowest BCUT2D eigenvalue weighted by atomic mass is 10.7. The molecule has 0 bridgehead atoms. The van der Waals surface area contributed by atoms with Crippen LogP contribution in [0.25, 0.3) is 0 Å². The van der Waals surface area contributed by atoms with E-state index < -0.39 is 0 Å². The largest absolute Gasteiger partial charge is 0.378 e. The fourth-order valence-electron chi connectivity index (χ4n) is 0.871. The molecule has 0 fully saturated rings. The molecule has 0 saturated heterocycles. The van der Waals surface area contributed by atoms with E-state index in [9.17, 15) is 0 Å². The third-order valence-corrected chi connectivity index (χ3v) is 2.21. The highest BCUT2D eigenvalue weighted by molar-refractivity contribution is 9.09. The van der Waals surface area contributed by atoms with Gasteiger partial charge >= 0.3 is 0 Å². The molecule has 16 heavy (non-hydrogen) atoms. The predicted molar refractivity (Wildman–Crippen MR) is 70.9 cm³/mol. The zero-order chi connectivity index (χ0) is 11.9. The second-order valence-electron chi connectivity index (χ2n) is 2.83. The van der Waals surface area contributed by atoms with Crippen molar-refractivity contribution in [3.8, 4) is 0 Å². The molecule has 0 unspecified atom stereocenters. The van der Waals surface area contributed by atoms with Gasteiger partial charge in [-0.1, -0.05) is 31.9 Å². The summed E-state index contributed by atoms with van der Waals surface area (Å²) in [5, 5.41) is 1.73. The van der Waals surface area contributed by atoms with Gasteiger partial charge in [0.1, 0.15) is 0 Å². The van der Waals surface area contributed by atoms with E-state index >= 15 is 0 Å². The van der Waals surface area contributed by atoms with E-state index in [0.717, 1.165) is 23.9 Å². The summed E-state index contributed by atoms with van der Waals surface area (Å²) in [7, 11) is 0. The van der Waals surface area contributed by atoms with Crippen molar-refractivity contribution < 1.29 is 18.9 Å². The second kappa shape index (κ2) is 15.8. The predicted octanol–water partition coefficient (Wildman–Crippen LogP) is 1.84. The van der Waals surface area contributed by atoms with Crippen LogP contribution in [-0.4, -0.2) is 63.5 Å². The van der Waals surface area contributed by atoms with Crippen LogP contribution < -0.4 is 0 Å². The monoisotopic (exact) mass is 362 g/mol. The standard InChI is InChI=1S/C10H20Br2O4/c11-1-3-13-5-7-15-9-10-16-8-6-14-4-2-12/h1-10H2. The highest BCUT2D eigenvalue weighted by atomic mass is 79.9. The fourth-order valence-corrected chi connectivity index (χ4v) is 1.33. The first-order valence-electron chi connectivity index (χ1n) is 5.34. The molecule has 0 amide bonds. The minimum Gasteiger partial charge on any atom is -0.378 e. The molecule has 6 heteroatoms. The van der Waals surface area contributed by atoms with Crippen LogP contribution in [0, 0.1) is 0 Å². The van der Waals surface area contributed by atoms with Crippen LogP contribution in [0.5, 0.6) is 0 Å². The van der Waals surface area contributed by atoms with Gasteiger partial charge in [0, 0.05) is 10.7 Å². The van der Waals surface area contributed by atoms with Gasteiger partial charge in [-0.15, -0.1) is 0 Å². The zero-order valence-electron chi connectivity index (χ0n) is 9.46. The van der Waals surface area contributed by atoms with E-state index in [0.29, 0.717) is 39.6 Å². The second-order valence-corrected chi connectivity index (χ2v) is 4.41. The maximum Gasteiger partial charge on any atom is 0.0701 e. The van der Waals surface area contributed by atoms with Crippen LogP contribution in [0.3, 0.4) is 0 Å². The number of halogens is 2. The van der Waals surface area contributed by atoms with Crippen molar-refractivity contribution in [3.63, 3.8) is 0 Å². The number of alkyl halides is 2. The van der Waals surface area contributed by atoms with Crippen molar-refractivity contribution in [1.82, 2.24) is 0 Å². The van der Waals surface area contributed by atoms with Crippen molar-refractivity contribution >= 4 is 31.9 Å². The SMILES string of the molecule is BrCCOCCOCCOCCOCCBr. The average molecular weight is 364 g/mol. The molecule has 0 radical (unpaired) electrons. The lowest BCUT2D eigenvalue weighted by Crippen LogP contribution is -2.12. The van der Waals surface area contributed by atoms with Crippen molar-refractivity contribution in [2.75, 3.05) is 63.5 Å². The van der Waals surface area contributed by atoms with Gasteiger partial charge in [0.25, 0.3) is 0 Å². The van der Waals surface area contributed by atoms with E-state index in [1.165, 1.54) is 0 Å². The Labute approximate surface area is 114 Å². The molecule has 0 atom stereocenters. The molecule has 0 rings (SSSR count). The molecule has 0 saturated carbocycles. The minimum atomic E-state index is 0.607. The molecule has 0 aliphatic rings. The molecule has 0 N–H and O–H groups in total. The Hall–Kier alpha value is 0.800. The first kappa shape index (κ1) is 16.8. The molecule has 0 heterocycles. The molecule has 0 spiro atoms. The van der Waals surface area contributed by atoms with Gasteiger partial charge in [0.2, 0.25) is 0 Å². The van der Waals surface area contributed by atoms with Crippen LogP contribution in [0.4, 0.5) is 0 Å². The van der Waals surface area contributed by atoms with Crippen LogP contribution in [0.2, 0.25) is 0 Å². The molecular formula is C10H20Br2O4. The maximum absolute atomic E-state index is 5.29. The first-order chi connectivity index (χ1) is 7.91. The highest BCUT2D eigenvalue weighted by Crippen LogP contribution is 1.85. The summed E-state index contributed by atoms with van der Waals surface area (Å²) in [5.41, 5.74) is 0. The van der Waals surface area contributed by atoms with E-state index in [2.05, 4.69) is 31.9 Å². The quantitative estimate of drug-likeness (QED) is 0.369. The average Bonchev–Trinajstić information content (AvgIpc) is 2.31. The van der Waals surface area contributed by atoms with Gasteiger partial charge in [0.05, 0.1) is 52.9 Å². The Kier molecular flexibility index (Phi) is 16.6. The third-order valence-electron chi connectivity index (χ3n) is 1.56. The van der Waals surface area contributed by atoms with Gasteiger partial charge in [-0.25, -0.2) is 0 Å². The fraction of sp³-hybridized carbons (Fsp3) is 1.00. The van der Waals surface area contributed by atoms with Crippen LogP contribution in [0.1, 0.15) is 0 Å². The minimum absolute atomic E-state index is 0.607. The van der Waals surface area contributed by atoms with Crippen molar-refractivity contribution in [2.24, 2.45) is 0 Å². The Morgan fingerprint density at radius 2 is 0.688 bits per heavy atom. The summed E-state index contributed by atoms with van der Waals surface area (Å²) in [6.45, 7) is 5.19. The molecular weight excluding hydrogens is 344 g/mol. The van der Waals surface area contributed by atoms with Crippen LogP contribution >= 0.6 is 31.9 Å². The van der Waals surface area contributed by atoms with Crippen LogP contribution in [-0.2, 0) is 18.9 Å². The van der Waals surface area contributed by atoms with Crippen molar-refractivity contribution in [2.45, 2.75) is 0 Å². The Bertz CT molecular complexity index is 113. The molecule has 0 aliphatic heterocycles. The first-order valence-corrected chi connectivity index (χ1v) is 7.59. The van der Waals surface area contributed by atoms with Crippen LogP contribution in [0.15, 0.2) is 0 Å². The number of ether oxygens (including phenoxy) is 4. The maximum atomic E-state index is 5.29. The summed E-state index contributed by atoms with van der Waals surface area (Å²) in [4.78, 5) is 0. The highest BCUT2D eigenvalue weighted by Gasteiger charge is 1.91. The smallest absolute Gasteiger partial charge is 0.0701 e. The molecule has 4 nitrogen and oxygen atoms in total. The Morgan fingerprint density at radius 1 is 0.438 bits per heavy atom. The van der Waals surface area contributed by atoms with E-state index in [4.69, 9.17) is 18.9 Å². The summed E-state index contributed by atoms with van der Waals surface area (Å²) in [5.74, 6) is 0. The molecule has 0 aromatic carbocycles. The summed E-state index contributed by atoms with van der Waals surface area (Å²) in [6.07, 6.45) is 0. The lowest BCUT2D eigenvalue weighted by molar-refractivity contribution is 0.00159. The van der Waals surface area contributed by atoms with Gasteiger partial charge in [-0.3, -0.25) is 0 Å².